The minimum Gasteiger partial charge on any atom is -0.489 e. The van der Waals surface area contributed by atoms with Crippen LogP contribution in [0.25, 0.3) is 0 Å². The van der Waals surface area contributed by atoms with Crippen molar-refractivity contribution in [3.8, 4) is 5.75 Å². The average molecular weight is 578 g/mol. The largest absolute Gasteiger partial charge is 0.489 e. The number of aliphatic imine (C=N–C) groups is 1. The monoisotopic (exact) mass is 577 g/mol. The minimum atomic E-state index is -0.148. The first-order valence-electron chi connectivity index (χ1n) is 15.1. The second-order valence-electron chi connectivity index (χ2n) is 11.2. The summed E-state index contributed by atoms with van der Waals surface area (Å²) in [5, 5.41) is 9.38. The van der Waals surface area contributed by atoms with E-state index >= 15 is 0 Å². The summed E-state index contributed by atoms with van der Waals surface area (Å²) >= 11 is 0. The first-order valence-corrected chi connectivity index (χ1v) is 15.1. The van der Waals surface area contributed by atoms with E-state index in [2.05, 4.69) is 42.9 Å². The van der Waals surface area contributed by atoms with Crippen molar-refractivity contribution >= 4 is 28.9 Å². The van der Waals surface area contributed by atoms with Crippen LogP contribution in [0.1, 0.15) is 57.8 Å². The molecule has 0 aromatic heterocycles. The van der Waals surface area contributed by atoms with E-state index in [9.17, 15) is 4.79 Å². The van der Waals surface area contributed by atoms with Crippen LogP contribution in [-0.4, -0.2) is 74.8 Å². The maximum absolute atomic E-state index is 12.6. The van der Waals surface area contributed by atoms with Crippen molar-refractivity contribution in [1.82, 2.24) is 10.2 Å². The van der Waals surface area contributed by atoms with Gasteiger partial charge in [-0.05, 0) is 77.3 Å². The summed E-state index contributed by atoms with van der Waals surface area (Å²) in [5.41, 5.74) is 10.4. The average Bonchev–Trinajstić information content (AvgIpc) is 2.98. The van der Waals surface area contributed by atoms with Gasteiger partial charge < -0.3 is 36.1 Å². The second kappa shape index (κ2) is 14.9. The van der Waals surface area contributed by atoms with E-state index in [0.717, 1.165) is 74.9 Å². The Balaban J connectivity index is 1.48. The SMILES string of the molecule is CCNC(=O)c1ccccc1NC(/N=C(\N)Nc1ccc(N2CCC(N3CCOCC3)CC2)cc1OC(C)C)=C(C)C. The molecule has 0 saturated carbocycles. The van der Waals surface area contributed by atoms with Gasteiger partial charge in [0.25, 0.3) is 5.91 Å². The Bertz CT molecular complexity index is 1260. The zero-order chi connectivity index (χ0) is 30.1. The van der Waals surface area contributed by atoms with Crippen LogP contribution >= 0.6 is 0 Å². The lowest BCUT2D eigenvalue weighted by Crippen LogP contribution is -2.49. The van der Waals surface area contributed by atoms with Gasteiger partial charge in [0.1, 0.15) is 11.6 Å². The molecule has 0 unspecified atom stereocenters. The molecular weight excluding hydrogens is 530 g/mol. The Hall–Kier alpha value is -3.76. The molecule has 0 bridgehead atoms. The van der Waals surface area contributed by atoms with Crippen LogP contribution in [0.4, 0.5) is 17.1 Å². The number of carbonyl (C=O) groups is 1. The highest BCUT2D eigenvalue weighted by Crippen LogP contribution is 2.33. The summed E-state index contributed by atoms with van der Waals surface area (Å²) < 4.78 is 11.7. The van der Waals surface area contributed by atoms with E-state index < -0.39 is 0 Å². The first-order chi connectivity index (χ1) is 20.2. The molecule has 2 aliphatic heterocycles. The van der Waals surface area contributed by atoms with E-state index in [0.29, 0.717) is 29.7 Å². The van der Waals surface area contributed by atoms with Gasteiger partial charge in [-0.2, -0.15) is 4.99 Å². The number of morpholine rings is 1. The van der Waals surface area contributed by atoms with E-state index in [4.69, 9.17) is 15.2 Å². The third-order valence-corrected chi connectivity index (χ3v) is 7.45. The number of anilines is 3. The molecule has 10 nitrogen and oxygen atoms in total. The standard InChI is InChI=1S/C32H47N7O3/c1-6-34-31(40)26-9-7-8-10-27(26)35-30(22(2)3)37-32(33)36-28-12-11-25(21-29(28)42-23(4)5)38-15-13-24(14-16-38)39-17-19-41-20-18-39/h7-12,21,23-24,35H,6,13-20H2,1-5H3,(H,34,40)(H3,33,36,37). The number of carbonyl (C=O) groups excluding carboxylic acids is 1. The normalized spacial score (nSPS) is 16.7. The molecule has 228 valence electrons. The van der Waals surface area contributed by atoms with Crippen LogP contribution in [0.15, 0.2) is 58.9 Å². The third kappa shape index (κ3) is 8.39. The van der Waals surface area contributed by atoms with Crippen molar-refractivity contribution in [1.29, 1.82) is 0 Å². The maximum Gasteiger partial charge on any atom is 0.253 e. The first kappa shape index (κ1) is 31.2. The molecule has 42 heavy (non-hydrogen) atoms. The minimum absolute atomic E-state index is 0.00759. The maximum atomic E-state index is 12.6. The van der Waals surface area contributed by atoms with Crippen molar-refractivity contribution < 1.29 is 14.3 Å². The van der Waals surface area contributed by atoms with Crippen molar-refractivity contribution in [3.05, 3.63) is 59.4 Å². The van der Waals surface area contributed by atoms with E-state index in [1.165, 1.54) is 0 Å². The zero-order valence-electron chi connectivity index (χ0n) is 25.7. The van der Waals surface area contributed by atoms with E-state index in [1.54, 1.807) is 6.07 Å². The number of allylic oxidation sites excluding steroid dienone is 1. The Kier molecular flexibility index (Phi) is 11.1. The summed E-state index contributed by atoms with van der Waals surface area (Å²) in [6, 6.07) is 14.2. The van der Waals surface area contributed by atoms with Crippen molar-refractivity contribution in [2.75, 3.05) is 61.5 Å². The fraction of sp³-hybridized carbons (Fsp3) is 0.500. The highest BCUT2D eigenvalue weighted by molar-refractivity contribution is 6.00. The molecule has 2 aromatic carbocycles. The fourth-order valence-corrected chi connectivity index (χ4v) is 5.32. The van der Waals surface area contributed by atoms with Crippen LogP contribution < -0.4 is 31.3 Å². The van der Waals surface area contributed by atoms with Crippen LogP contribution in [0.2, 0.25) is 0 Å². The van der Waals surface area contributed by atoms with Crippen molar-refractivity contribution in [2.45, 2.75) is 59.6 Å². The van der Waals surface area contributed by atoms with Crippen LogP contribution in [0, 0.1) is 0 Å². The molecule has 2 saturated heterocycles. The Morgan fingerprint density at radius 3 is 2.43 bits per heavy atom. The van der Waals surface area contributed by atoms with Gasteiger partial charge in [-0.15, -0.1) is 0 Å². The number of guanidine groups is 1. The number of hydrogen-bond donors (Lipinski definition) is 4. The predicted molar refractivity (Wildman–Crippen MR) is 172 cm³/mol. The highest BCUT2D eigenvalue weighted by atomic mass is 16.5. The fourth-order valence-electron chi connectivity index (χ4n) is 5.32. The molecule has 2 fully saturated rings. The molecular formula is C32H47N7O3. The molecule has 0 aliphatic carbocycles. The number of nitrogens with two attached hydrogens (primary N) is 1. The summed E-state index contributed by atoms with van der Waals surface area (Å²) in [4.78, 5) is 22.2. The number of amides is 1. The van der Waals surface area contributed by atoms with E-state index in [-0.39, 0.29) is 18.0 Å². The molecule has 0 spiro atoms. The van der Waals surface area contributed by atoms with Gasteiger partial charge in [-0.3, -0.25) is 9.69 Å². The molecule has 2 aromatic rings. The predicted octanol–water partition coefficient (Wildman–Crippen LogP) is 4.61. The van der Waals surface area contributed by atoms with Crippen LogP contribution in [0.5, 0.6) is 5.75 Å². The van der Waals surface area contributed by atoms with Crippen LogP contribution in [-0.2, 0) is 4.74 Å². The van der Waals surface area contributed by atoms with Gasteiger partial charge in [0.15, 0.2) is 5.96 Å². The number of ether oxygens (including phenoxy) is 2. The molecule has 2 aliphatic rings. The quantitative estimate of drug-likeness (QED) is 0.239. The number of benzene rings is 2. The number of hydrogen-bond acceptors (Lipinski definition) is 7. The molecule has 0 radical (unpaired) electrons. The highest BCUT2D eigenvalue weighted by Gasteiger charge is 2.26. The van der Waals surface area contributed by atoms with Gasteiger partial charge in [0.2, 0.25) is 0 Å². The number of nitrogens with one attached hydrogen (secondary N) is 3. The van der Waals surface area contributed by atoms with Gasteiger partial charge in [0, 0.05) is 50.5 Å². The van der Waals surface area contributed by atoms with Gasteiger partial charge in [-0.25, -0.2) is 0 Å². The Morgan fingerprint density at radius 2 is 1.76 bits per heavy atom. The topological polar surface area (TPSA) is 116 Å². The number of rotatable bonds is 10. The summed E-state index contributed by atoms with van der Waals surface area (Å²) in [5.74, 6) is 1.35. The van der Waals surface area contributed by atoms with Crippen molar-refractivity contribution in [2.24, 2.45) is 10.7 Å². The lowest BCUT2D eigenvalue weighted by atomic mass is 10.0. The lowest BCUT2D eigenvalue weighted by Gasteiger charge is -2.41. The number of para-hydroxylation sites is 1. The lowest BCUT2D eigenvalue weighted by molar-refractivity contribution is 0.0115. The third-order valence-electron chi connectivity index (χ3n) is 7.45. The Morgan fingerprint density at radius 1 is 1.05 bits per heavy atom. The van der Waals surface area contributed by atoms with Gasteiger partial charge >= 0.3 is 0 Å². The van der Waals surface area contributed by atoms with Gasteiger partial charge in [-0.1, -0.05) is 12.1 Å². The smallest absolute Gasteiger partial charge is 0.253 e. The zero-order valence-corrected chi connectivity index (χ0v) is 25.7. The number of nitrogens with zero attached hydrogens (tertiary/aromatic N) is 3. The summed E-state index contributed by atoms with van der Waals surface area (Å²) in [6.07, 6.45) is 2.27. The molecule has 4 rings (SSSR count). The molecule has 0 atom stereocenters. The van der Waals surface area contributed by atoms with Crippen LogP contribution in [0.3, 0.4) is 0 Å². The molecule has 1 amide bonds. The van der Waals surface area contributed by atoms with E-state index in [1.807, 2.05) is 58.9 Å². The Labute approximate surface area is 250 Å². The number of piperidine rings is 1. The summed E-state index contributed by atoms with van der Waals surface area (Å²) in [6.45, 7) is 16.1. The molecule has 10 heteroatoms. The summed E-state index contributed by atoms with van der Waals surface area (Å²) in [7, 11) is 0. The molecule has 5 N–H and O–H groups in total. The van der Waals surface area contributed by atoms with Gasteiger partial charge in [0.05, 0.1) is 36.3 Å². The second-order valence-corrected chi connectivity index (χ2v) is 11.2. The molecule has 2 heterocycles. The van der Waals surface area contributed by atoms with Crippen molar-refractivity contribution in [3.63, 3.8) is 0 Å².